The second-order valence-corrected chi connectivity index (χ2v) is 5.29. The summed E-state index contributed by atoms with van der Waals surface area (Å²) in [6, 6.07) is 17.3. The molecule has 0 spiro atoms. The number of carbonyl (C=O) groups is 1. The van der Waals surface area contributed by atoms with Crippen molar-refractivity contribution in [1.82, 2.24) is 5.48 Å². The molecule has 0 radical (unpaired) electrons. The third-order valence-corrected chi connectivity index (χ3v) is 3.62. The Bertz CT molecular complexity index is 652. The van der Waals surface area contributed by atoms with E-state index in [1.165, 1.54) is 0 Å². The molecule has 0 aliphatic rings. The van der Waals surface area contributed by atoms with Crippen molar-refractivity contribution in [1.29, 1.82) is 0 Å². The van der Waals surface area contributed by atoms with Crippen LogP contribution in [0.1, 0.15) is 29.5 Å². The molecule has 0 aliphatic heterocycles. The van der Waals surface area contributed by atoms with Gasteiger partial charge in [-0.1, -0.05) is 59.8 Å². The maximum absolute atomic E-state index is 11.1. The van der Waals surface area contributed by atoms with Gasteiger partial charge in [-0.25, -0.2) is 5.48 Å². The number of oxime groups is 1. The van der Waals surface area contributed by atoms with Gasteiger partial charge in [-0.05, 0) is 36.0 Å². The summed E-state index contributed by atoms with van der Waals surface area (Å²) in [5, 5.41) is 21.0. The lowest BCUT2D eigenvalue weighted by molar-refractivity contribution is -0.128. The summed E-state index contributed by atoms with van der Waals surface area (Å²) in [4.78, 5) is 11.1. The van der Waals surface area contributed by atoms with E-state index in [1.54, 1.807) is 5.48 Å². The van der Waals surface area contributed by atoms with Crippen molar-refractivity contribution in [2.24, 2.45) is 5.16 Å². The van der Waals surface area contributed by atoms with Gasteiger partial charge < -0.3 is 5.21 Å². The summed E-state index contributed by atoms with van der Waals surface area (Å²) < 4.78 is 0. The van der Waals surface area contributed by atoms with Crippen LogP contribution in [0.5, 0.6) is 0 Å². The molecule has 23 heavy (non-hydrogen) atoms. The van der Waals surface area contributed by atoms with E-state index in [4.69, 9.17) is 10.4 Å². The van der Waals surface area contributed by atoms with Gasteiger partial charge in [-0.3, -0.25) is 10.0 Å². The first-order chi connectivity index (χ1) is 11.2. The molecule has 0 atom stereocenters. The highest BCUT2D eigenvalue weighted by molar-refractivity contribution is 6.00. The Morgan fingerprint density at radius 1 is 1.00 bits per heavy atom. The molecule has 0 aromatic heterocycles. The zero-order valence-corrected chi connectivity index (χ0v) is 12.8. The van der Waals surface area contributed by atoms with Crippen LogP contribution in [0.25, 0.3) is 0 Å². The van der Waals surface area contributed by atoms with Crippen molar-refractivity contribution >= 4 is 11.6 Å². The Balaban J connectivity index is 1.85. The maximum Gasteiger partial charge on any atom is 0.247 e. The predicted octanol–water partition coefficient (Wildman–Crippen LogP) is 2.94. The number of benzene rings is 2. The Kier molecular flexibility index (Phi) is 6.32. The van der Waals surface area contributed by atoms with Gasteiger partial charge >= 0.3 is 0 Å². The minimum atomic E-state index is -0.426. The molecule has 120 valence electrons. The molecule has 0 unspecified atom stereocenters. The molecule has 2 aromatic carbocycles. The number of hydrogen-bond donors (Lipinski definition) is 3. The zero-order chi connectivity index (χ0) is 16.5. The molecule has 0 heterocycles. The number of hydrogen-bond acceptors (Lipinski definition) is 4. The van der Waals surface area contributed by atoms with Crippen LogP contribution in [0.3, 0.4) is 0 Å². The molecular formula is C18H20N2O3. The van der Waals surface area contributed by atoms with E-state index < -0.39 is 5.91 Å². The Morgan fingerprint density at radius 3 is 2.26 bits per heavy atom. The van der Waals surface area contributed by atoms with Crippen molar-refractivity contribution in [3.05, 3.63) is 71.3 Å². The molecule has 0 bridgehead atoms. The number of amides is 1. The second kappa shape index (κ2) is 8.70. The fourth-order valence-electron chi connectivity index (χ4n) is 2.39. The molecule has 5 nitrogen and oxygen atoms in total. The van der Waals surface area contributed by atoms with Gasteiger partial charge in [0.25, 0.3) is 0 Å². The number of hydroxylamine groups is 1. The molecule has 0 saturated heterocycles. The first kappa shape index (κ1) is 16.7. The highest BCUT2D eigenvalue weighted by atomic mass is 16.5. The van der Waals surface area contributed by atoms with Crippen LogP contribution < -0.4 is 5.48 Å². The van der Waals surface area contributed by atoms with Crippen LogP contribution in [-0.4, -0.2) is 22.0 Å². The van der Waals surface area contributed by atoms with E-state index in [9.17, 15) is 4.79 Å². The number of nitrogens with one attached hydrogen (secondary N) is 1. The summed E-state index contributed by atoms with van der Waals surface area (Å²) in [7, 11) is 0. The van der Waals surface area contributed by atoms with Crippen LogP contribution in [0.2, 0.25) is 0 Å². The van der Waals surface area contributed by atoms with Crippen LogP contribution in [-0.2, 0) is 17.6 Å². The third kappa shape index (κ3) is 5.23. The quantitative estimate of drug-likeness (QED) is 0.318. The normalized spacial score (nSPS) is 11.3. The minimum Gasteiger partial charge on any atom is -0.411 e. The molecule has 0 aliphatic carbocycles. The van der Waals surface area contributed by atoms with Gasteiger partial charge in [-0.2, -0.15) is 0 Å². The van der Waals surface area contributed by atoms with Crippen LogP contribution in [0.15, 0.2) is 59.8 Å². The molecule has 0 fully saturated rings. The highest BCUT2D eigenvalue weighted by Gasteiger charge is 2.05. The monoisotopic (exact) mass is 312 g/mol. The van der Waals surface area contributed by atoms with E-state index in [0.29, 0.717) is 12.1 Å². The van der Waals surface area contributed by atoms with Gasteiger partial charge in [-0.15, -0.1) is 0 Å². The molecule has 0 saturated carbocycles. The highest BCUT2D eigenvalue weighted by Crippen LogP contribution is 2.12. The summed E-state index contributed by atoms with van der Waals surface area (Å²) >= 11 is 0. The maximum atomic E-state index is 11.1. The topological polar surface area (TPSA) is 81.9 Å². The fourth-order valence-corrected chi connectivity index (χ4v) is 2.39. The lowest BCUT2D eigenvalue weighted by Gasteiger charge is -2.06. The standard InChI is InChI=1S/C18H20N2O3/c21-18(20-23)13-15-11-9-14(10-12-15)5-4-8-17(19-22)16-6-2-1-3-7-16/h1-3,6-7,9-12,22-23H,4-5,8,13H2,(H,20,21)/b19-17-. The van der Waals surface area contributed by atoms with Gasteiger partial charge in [0, 0.05) is 0 Å². The van der Waals surface area contributed by atoms with Gasteiger partial charge in [0.15, 0.2) is 0 Å². The van der Waals surface area contributed by atoms with E-state index in [1.807, 2.05) is 54.6 Å². The van der Waals surface area contributed by atoms with Gasteiger partial charge in [0.1, 0.15) is 0 Å². The average molecular weight is 312 g/mol. The number of carbonyl (C=O) groups excluding carboxylic acids is 1. The number of aryl methyl sites for hydroxylation is 1. The molecule has 3 N–H and O–H groups in total. The lowest BCUT2D eigenvalue weighted by atomic mass is 10.0. The SMILES string of the molecule is O=C(Cc1ccc(CCC/C(=N/O)c2ccccc2)cc1)NO. The molecule has 5 heteroatoms. The van der Waals surface area contributed by atoms with Gasteiger partial charge in [0.05, 0.1) is 12.1 Å². The smallest absolute Gasteiger partial charge is 0.247 e. The second-order valence-electron chi connectivity index (χ2n) is 5.29. The number of nitrogens with zero attached hydrogens (tertiary/aromatic N) is 1. The first-order valence-electron chi connectivity index (χ1n) is 7.50. The Morgan fingerprint density at radius 2 is 1.65 bits per heavy atom. The van der Waals surface area contributed by atoms with Crippen molar-refractivity contribution in [3.63, 3.8) is 0 Å². The van der Waals surface area contributed by atoms with E-state index in [-0.39, 0.29) is 6.42 Å². The Labute approximate surface area is 135 Å². The van der Waals surface area contributed by atoms with Crippen LogP contribution in [0, 0.1) is 0 Å². The van der Waals surface area contributed by atoms with Crippen molar-refractivity contribution in [2.75, 3.05) is 0 Å². The van der Waals surface area contributed by atoms with E-state index in [0.717, 1.165) is 29.5 Å². The van der Waals surface area contributed by atoms with Crippen LogP contribution in [0.4, 0.5) is 0 Å². The summed E-state index contributed by atoms with van der Waals surface area (Å²) in [6.07, 6.45) is 2.57. The van der Waals surface area contributed by atoms with Crippen molar-refractivity contribution < 1.29 is 15.2 Å². The number of rotatable bonds is 7. The zero-order valence-electron chi connectivity index (χ0n) is 12.8. The molecular weight excluding hydrogens is 292 g/mol. The average Bonchev–Trinajstić information content (AvgIpc) is 2.61. The molecule has 2 aromatic rings. The largest absolute Gasteiger partial charge is 0.411 e. The third-order valence-electron chi connectivity index (χ3n) is 3.62. The summed E-state index contributed by atoms with van der Waals surface area (Å²) in [5.74, 6) is -0.426. The summed E-state index contributed by atoms with van der Waals surface area (Å²) in [6.45, 7) is 0. The minimum absolute atomic E-state index is 0.159. The lowest BCUT2D eigenvalue weighted by Crippen LogP contribution is -2.20. The first-order valence-corrected chi connectivity index (χ1v) is 7.50. The van der Waals surface area contributed by atoms with Crippen molar-refractivity contribution in [2.45, 2.75) is 25.7 Å². The van der Waals surface area contributed by atoms with Crippen LogP contribution >= 0.6 is 0 Å². The van der Waals surface area contributed by atoms with Gasteiger partial charge in [0.2, 0.25) is 5.91 Å². The van der Waals surface area contributed by atoms with E-state index in [2.05, 4.69) is 5.16 Å². The molecule has 1 amide bonds. The summed E-state index contributed by atoms with van der Waals surface area (Å²) in [5.41, 5.74) is 5.24. The van der Waals surface area contributed by atoms with Crippen molar-refractivity contribution in [3.8, 4) is 0 Å². The Hall–Kier alpha value is -2.66. The molecule has 2 rings (SSSR count). The predicted molar refractivity (Wildman–Crippen MR) is 87.8 cm³/mol. The van der Waals surface area contributed by atoms with E-state index >= 15 is 0 Å². The fraction of sp³-hybridized carbons (Fsp3) is 0.222.